The zero-order valence-electron chi connectivity index (χ0n) is 22.7. The zero-order valence-corrected chi connectivity index (χ0v) is 23.5. The molecule has 1 aliphatic rings. The number of likely N-dealkylation sites (N-methyl/N-ethyl adjacent to an activating group) is 1. The normalized spacial score (nSPS) is 17.6. The molecule has 3 aromatic rings. The maximum atomic E-state index is 12.4. The molecule has 39 heavy (non-hydrogen) atoms. The van der Waals surface area contributed by atoms with Gasteiger partial charge in [-0.1, -0.05) is 32.9 Å². The molecule has 3 amide bonds. The Hall–Kier alpha value is -3.48. The number of amides is 3. The lowest BCUT2D eigenvalue weighted by molar-refractivity contribution is -0.122. The highest BCUT2D eigenvalue weighted by molar-refractivity contribution is 6.28. The maximum absolute atomic E-state index is 12.4. The summed E-state index contributed by atoms with van der Waals surface area (Å²) < 4.78 is 0. The van der Waals surface area contributed by atoms with E-state index in [1.54, 1.807) is 18.1 Å². The molecule has 5 N–H and O–H groups in total. The number of rotatable bonds is 9. The number of H-pyrrole nitrogens is 1. The van der Waals surface area contributed by atoms with Gasteiger partial charge in [-0.25, -0.2) is 4.79 Å². The average molecular weight is 558 g/mol. The number of aliphatic hydroxyl groups is 1. The summed E-state index contributed by atoms with van der Waals surface area (Å²) >= 11 is 6.06. The minimum atomic E-state index is -1.02. The lowest BCUT2D eigenvalue weighted by Crippen LogP contribution is -2.47. The molecular weight excluding hydrogens is 522 g/mol. The number of nitrogens with one attached hydrogen (secondary N) is 4. The van der Waals surface area contributed by atoms with Crippen LogP contribution in [-0.2, 0) is 10.2 Å². The van der Waals surface area contributed by atoms with E-state index in [9.17, 15) is 14.7 Å². The number of aromatic nitrogens is 4. The summed E-state index contributed by atoms with van der Waals surface area (Å²) in [7, 11) is 1.78. The lowest BCUT2D eigenvalue weighted by atomic mass is 9.87. The van der Waals surface area contributed by atoms with E-state index in [-0.39, 0.29) is 42.3 Å². The predicted molar refractivity (Wildman–Crippen MR) is 151 cm³/mol. The minimum Gasteiger partial charge on any atom is -0.387 e. The van der Waals surface area contributed by atoms with Crippen LogP contribution in [0.5, 0.6) is 0 Å². The largest absolute Gasteiger partial charge is 0.387 e. The highest BCUT2D eigenvalue weighted by Crippen LogP contribution is 2.31. The van der Waals surface area contributed by atoms with Gasteiger partial charge >= 0.3 is 6.03 Å². The van der Waals surface area contributed by atoms with E-state index in [1.807, 2.05) is 29.2 Å². The van der Waals surface area contributed by atoms with Gasteiger partial charge in [0.1, 0.15) is 5.82 Å². The van der Waals surface area contributed by atoms with Crippen LogP contribution < -0.4 is 20.9 Å². The van der Waals surface area contributed by atoms with Crippen LogP contribution in [0.25, 0.3) is 11.0 Å². The smallest absolute Gasteiger partial charge is 0.319 e. The number of nitrogens with zero attached hydrogens (tertiary/aromatic N) is 5. The van der Waals surface area contributed by atoms with E-state index < -0.39 is 5.60 Å². The second-order valence-corrected chi connectivity index (χ2v) is 11.4. The molecule has 2 aromatic heterocycles. The number of urea groups is 1. The summed E-state index contributed by atoms with van der Waals surface area (Å²) in [5, 5.41) is 27.1. The number of hydrogen-bond acceptors (Lipinski definition) is 8. The Morgan fingerprint density at radius 2 is 1.90 bits per heavy atom. The number of fused-ring (bicyclic) bond motifs is 1. The first-order valence-electron chi connectivity index (χ1n) is 12.9. The van der Waals surface area contributed by atoms with Crippen molar-refractivity contribution in [3.05, 3.63) is 41.3 Å². The molecule has 1 fully saturated rings. The van der Waals surface area contributed by atoms with Crippen molar-refractivity contribution in [2.24, 2.45) is 0 Å². The molecule has 3 heterocycles. The summed E-state index contributed by atoms with van der Waals surface area (Å²) in [5.41, 5.74) is 1.45. The Balaban J connectivity index is 1.16. The van der Waals surface area contributed by atoms with Gasteiger partial charge in [0.15, 0.2) is 5.65 Å². The highest BCUT2D eigenvalue weighted by Gasteiger charge is 2.38. The molecule has 4 rings (SSSR count). The van der Waals surface area contributed by atoms with Crippen LogP contribution in [0, 0.1) is 0 Å². The Morgan fingerprint density at radius 3 is 2.62 bits per heavy atom. The first kappa shape index (κ1) is 28.5. The number of aromatic amines is 1. The van der Waals surface area contributed by atoms with Gasteiger partial charge in [0.2, 0.25) is 11.2 Å². The third-order valence-corrected chi connectivity index (χ3v) is 6.78. The van der Waals surface area contributed by atoms with Crippen LogP contribution in [0.3, 0.4) is 0 Å². The van der Waals surface area contributed by atoms with Gasteiger partial charge in [-0.2, -0.15) is 15.1 Å². The van der Waals surface area contributed by atoms with E-state index in [1.165, 1.54) is 5.56 Å². The van der Waals surface area contributed by atoms with E-state index in [0.29, 0.717) is 43.2 Å². The van der Waals surface area contributed by atoms with E-state index >= 15 is 0 Å². The van der Waals surface area contributed by atoms with Crippen molar-refractivity contribution in [1.82, 2.24) is 35.7 Å². The number of carbonyl (C=O) groups is 2. The second kappa shape index (κ2) is 11.7. The fraction of sp³-hybridized carbons (Fsp3) is 0.500. The number of β-amino-alcohol motifs (C(OH)–C–C–N with tert-alkyl or cyclic N) is 1. The molecule has 0 radical (unpaired) electrons. The topological polar surface area (TPSA) is 151 Å². The summed E-state index contributed by atoms with van der Waals surface area (Å²) in [6, 6.07) is 7.40. The van der Waals surface area contributed by atoms with Crippen molar-refractivity contribution in [2.75, 3.05) is 56.5 Å². The van der Waals surface area contributed by atoms with E-state index in [0.717, 1.165) is 5.39 Å². The molecule has 210 valence electrons. The van der Waals surface area contributed by atoms with Crippen LogP contribution in [0.2, 0.25) is 5.28 Å². The fourth-order valence-electron chi connectivity index (χ4n) is 4.67. The van der Waals surface area contributed by atoms with Crippen LogP contribution >= 0.6 is 11.6 Å². The van der Waals surface area contributed by atoms with Crippen molar-refractivity contribution >= 4 is 46.1 Å². The summed E-state index contributed by atoms with van der Waals surface area (Å²) in [5.74, 6) is 0.423. The molecule has 0 aliphatic carbocycles. The monoisotopic (exact) mass is 557 g/mol. The third kappa shape index (κ3) is 7.55. The molecule has 1 atom stereocenters. The van der Waals surface area contributed by atoms with Gasteiger partial charge in [-0.3, -0.25) is 14.8 Å². The molecule has 13 heteroatoms. The third-order valence-electron chi connectivity index (χ3n) is 6.61. The van der Waals surface area contributed by atoms with E-state index in [2.05, 4.69) is 56.9 Å². The number of benzene rings is 1. The van der Waals surface area contributed by atoms with Gasteiger partial charge in [0.25, 0.3) is 0 Å². The summed E-state index contributed by atoms with van der Waals surface area (Å²) in [6.45, 7) is 8.31. The maximum Gasteiger partial charge on any atom is 0.319 e. The first-order valence-corrected chi connectivity index (χ1v) is 13.2. The number of hydrogen-bond donors (Lipinski definition) is 5. The van der Waals surface area contributed by atoms with Gasteiger partial charge in [0.05, 0.1) is 23.7 Å². The lowest BCUT2D eigenvalue weighted by Gasteiger charge is -2.29. The van der Waals surface area contributed by atoms with Crippen LogP contribution in [0.15, 0.2) is 30.5 Å². The molecule has 0 spiro atoms. The van der Waals surface area contributed by atoms with Crippen LogP contribution in [-0.4, -0.2) is 94.0 Å². The Kier molecular flexibility index (Phi) is 8.57. The Morgan fingerprint density at radius 1 is 1.18 bits per heavy atom. The number of halogens is 1. The average Bonchev–Trinajstić information content (AvgIpc) is 3.47. The van der Waals surface area contributed by atoms with Crippen molar-refractivity contribution in [2.45, 2.75) is 38.2 Å². The Labute approximate surface area is 232 Å². The first-order chi connectivity index (χ1) is 18.4. The SMILES string of the molecule is CN(CC(=O)NCCNC(=O)Nc1ccc(C(C)(C)C)cc1)CC1(O)CCN(c2nc(Cl)nc3[nH]ncc23)C1. The van der Waals surface area contributed by atoms with Crippen LogP contribution in [0.1, 0.15) is 32.8 Å². The molecule has 1 aliphatic heterocycles. The molecule has 12 nitrogen and oxygen atoms in total. The van der Waals surface area contributed by atoms with Crippen molar-refractivity contribution in [3.63, 3.8) is 0 Å². The molecule has 0 bridgehead atoms. The standard InChI is InChI=1S/C26H36ClN9O3/c1-25(2,3)17-5-7-18(8-6-17)31-24(38)29-11-10-28-20(37)14-35(4)15-26(39)9-12-36(16-26)22-19-13-30-34-21(19)32-23(27)33-22/h5-8,13,39H,9-12,14-16H2,1-4H3,(H,28,37)(H2,29,31,38)(H,30,32,33,34). The van der Waals surface area contributed by atoms with Crippen molar-refractivity contribution < 1.29 is 14.7 Å². The van der Waals surface area contributed by atoms with Gasteiger partial charge in [-0.05, 0) is 48.2 Å². The van der Waals surface area contributed by atoms with E-state index in [4.69, 9.17) is 11.6 Å². The number of carbonyl (C=O) groups excluding carboxylic acids is 2. The zero-order chi connectivity index (χ0) is 28.2. The molecule has 0 saturated carbocycles. The quantitative estimate of drug-likeness (QED) is 0.198. The molecular formula is C26H36ClN9O3. The fourth-order valence-corrected chi connectivity index (χ4v) is 4.83. The predicted octanol–water partition coefficient (Wildman–Crippen LogP) is 2.11. The Bertz CT molecular complexity index is 1310. The molecule has 1 aromatic carbocycles. The minimum absolute atomic E-state index is 0.0439. The molecule has 1 saturated heterocycles. The number of anilines is 2. The van der Waals surface area contributed by atoms with Gasteiger partial charge < -0.3 is 26.0 Å². The highest BCUT2D eigenvalue weighted by atomic mass is 35.5. The van der Waals surface area contributed by atoms with Crippen molar-refractivity contribution in [1.29, 1.82) is 0 Å². The second-order valence-electron chi connectivity index (χ2n) is 11.1. The summed E-state index contributed by atoms with van der Waals surface area (Å²) in [4.78, 5) is 36.7. The summed E-state index contributed by atoms with van der Waals surface area (Å²) in [6.07, 6.45) is 2.15. The van der Waals surface area contributed by atoms with Crippen LogP contribution in [0.4, 0.5) is 16.3 Å². The van der Waals surface area contributed by atoms with Gasteiger partial charge in [-0.15, -0.1) is 0 Å². The van der Waals surface area contributed by atoms with Crippen molar-refractivity contribution in [3.8, 4) is 0 Å². The van der Waals surface area contributed by atoms with Gasteiger partial charge in [0, 0.05) is 38.4 Å². The molecule has 1 unspecified atom stereocenters.